The van der Waals surface area contributed by atoms with Crippen molar-refractivity contribution in [1.82, 2.24) is 45.0 Å². The quantitative estimate of drug-likeness (QED) is 0.178. The zero-order valence-corrected chi connectivity index (χ0v) is 41.1. The second-order valence-corrected chi connectivity index (χ2v) is 21.3. The average molecular weight is 924 g/mol. The van der Waals surface area contributed by atoms with E-state index in [1.807, 2.05) is 43.3 Å². The fraction of sp³-hybridized carbons (Fsp3) is 0.600. The molecule has 6 bridgehead atoms. The van der Waals surface area contributed by atoms with Crippen LogP contribution in [0, 0.1) is 11.3 Å². The van der Waals surface area contributed by atoms with Gasteiger partial charge >= 0.3 is 6.03 Å². The molecular weight excluding hydrogens is 855 g/mol. The molecular formula is C50H69N9O6S. The summed E-state index contributed by atoms with van der Waals surface area (Å²) in [6.45, 7) is 16.3. The number of ether oxygens (including phenoxy) is 2. The fourth-order valence-electron chi connectivity index (χ4n) is 11.0. The highest BCUT2D eigenvalue weighted by atomic mass is 32.1. The third-order valence-electron chi connectivity index (χ3n) is 14.5. The highest BCUT2D eigenvalue weighted by Crippen LogP contribution is 2.43. The zero-order valence-electron chi connectivity index (χ0n) is 40.3. The molecule has 4 aliphatic heterocycles. The van der Waals surface area contributed by atoms with Gasteiger partial charge < -0.3 is 38.9 Å². The molecule has 0 saturated carbocycles. The van der Waals surface area contributed by atoms with Crippen LogP contribution in [0.4, 0.5) is 4.79 Å². The van der Waals surface area contributed by atoms with Gasteiger partial charge in [-0.1, -0.05) is 33.8 Å². The van der Waals surface area contributed by atoms with E-state index in [1.165, 1.54) is 16.3 Å². The van der Waals surface area contributed by atoms with Gasteiger partial charge in [0.05, 0.1) is 46.9 Å². The summed E-state index contributed by atoms with van der Waals surface area (Å²) < 4.78 is 14.7. The van der Waals surface area contributed by atoms with Gasteiger partial charge in [0.25, 0.3) is 5.91 Å². The number of carbonyl (C=O) groups is 4. The summed E-state index contributed by atoms with van der Waals surface area (Å²) in [5, 5.41) is 8.36. The van der Waals surface area contributed by atoms with E-state index in [-0.39, 0.29) is 47.9 Å². The predicted molar refractivity (Wildman–Crippen MR) is 257 cm³/mol. The third-order valence-corrected chi connectivity index (χ3v) is 15.4. The molecule has 0 unspecified atom stereocenters. The van der Waals surface area contributed by atoms with E-state index in [2.05, 4.69) is 72.3 Å². The van der Waals surface area contributed by atoms with Crippen LogP contribution in [-0.4, -0.2) is 142 Å². The number of hydrazine groups is 1. The Kier molecular flexibility index (Phi) is 13.8. The molecule has 16 heteroatoms. The van der Waals surface area contributed by atoms with Gasteiger partial charge in [0.15, 0.2) is 0 Å². The first-order valence-electron chi connectivity index (χ1n) is 23.8. The summed E-state index contributed by atoms with van der Waals surface area (Å²) >= 11 is 1.44. The molecule has 66 heavy (non-hydrogen) atoms. The standard InChI is InChI=1S/C50H69N9O6S/c1-10-57-40-16-15-34-24-36(40)37(44(57)35-14-11-20-51-42(35)33(4)64-9)26-48(5,6)30-65-31-49(29-60)17-12-22-59(54-49)46(62)38(25-41-52-39(34)27-66-41)53-45(61)43(32(2)3)56(8)47(63)58-23-19-50(58)18-13-21-55(7)28-50/h11,14-16,20,24,27,29,32-33,38,43,54H,10,12-13,17-19,21-23,25-26,28,30-31H2,1-9H3,(H,53,61)/t33-,38-,43-,49-,50-/m0/s1. The highest BCUT2D eigenvalue weighted by Gasteiger charge is 2.51. The van der Waals surface area contributed by atoms with Crippen molar-refractivity contribution in [2.75, 3.05) is 60.6 Å². The maximum atomic E-state index is 14.8. The lowest BCUT2D eigenvalue weighted by atomic mass is 9.78. The molecule has 1 spiro atoms. The number of fused-ring (bicyclic) bond motifs is 6. The molecule has 15 nitrogen and oxygen atoms in total. The van der Waals surface area contributed by atoms with Crippen LogP contribution in [0.15, 0.2) is 41.9 Å². The molecule has 0 aliphatic carbocycles. The molecule has 3 aromatic heterocycles. The Hall–Kier alpha value is -4.74. The summed E-state index contributed by atoms with van der Waals surface area (Å²) in [5.74, 6) is -1.05. The summed E-state index contributed by atoms with van der Waals surface area (Å²) in [6.07, 6.45) is 7.14. The minimum absolute atomic E-state index is 0.0541. The molecule has 7 heterocycles. The molecule has 5 atom stereocenters. The molecule has 0 radical (unpaired) electrons. The lowest BCUT2D eigenvalue weighted by Crippen LogP contribution is -2.71. The first kappa shape index (κ1) is 47.7. The Balaban J connectivity index is 1.17. The van der Waals surface area contributed by atoms with Crippen molar-refractivity contribution < 1.29 is 28.7 Å². The number of nitrogens with zero attached hydrogens (tertiary/aromatic N) is 7. The molecule has 4 aromatic rings. The Labute approximate surface area is 393 Å². The number of pyridine rings is 1. The number of amides is 4. The van der Waals surface area contributed by atoms with E-state index in [0.29, 0.717) is 44.0 Å². The number of nitrogens with one attached hydrogen (secondary N) is 2. The van der Waals surface area contributed by atoms with Crippen LogP contribution in [0.1, 0.15) is 96.0 Å². The average Bonchev–Trinajstić information content (AvgIpc) is 3.88. The van der Waals surface area contributed by atoms with Crippen molar-refractivity contribution in [3.8, 4) is 22.5 Å². The van der Waals surface area contributed by atoms with Crippen molar-refractivity contribution in [2.45, 2.75) is 122 Å². The first-order chi connectivity index (χ1) is 31.5. The van der Waals surface area contributed by atoms with Crippen LogP contribution in [0.25, 0.3) is 33.4 Å². The number of hydrogen-bond donors (Lipinski definition) is 2. The molecule has 3 fully saturated rings. The Morgan fingerprint density at radius 2 is 1.89 bits per heavy atom. The van der Waals surface area contributed by atoms with Crippen molar-refractivity contribution >= 4 is 46.4 Å². The van der Waals surface area contributed by atoms with Gasteiger partial charge in [-0.25, -0.2) is 15.2 Å². The van der Waals surface area contributed by atoms with Crippen LogP contribution in [-0.2, 0) is 43.2 Å². The molecule has 1 aromatic carbocycles. The normalized spacial score (nSPS) is 24.8. The van der Waals surface area contributed by atoms with Gasteiger partial charge in [0.1, 0.15) is 23.9 Å². The van der Waals surface area contributed by atoms with Crippen LogP contribution >= 0.6 is 11.3 Å². The van der Waals surface area contributed by atoms with Crippen LogP contribution < -0.4 is 10.7 Å². The maximum absolute atomic E-state index is 14.8. The van der Waals surface area contributed by atoms with Gasteiger partial charge in [-0.05, 0) is 107 Å². The number of rotatable bonds is 9. The lowest BCUT2D eigenvalue weighted by molar-refractivity contribution is -0.147. The molecule has 356 valence electrons. The van der Waals surface area contributed by atoms with E-state index in [0.717, 1.165) is 89.9 Å². The van der Waals surface area contributed by atoms with Crippen molar-refractivity contribution in [1.29, 1.82) is 0 Å². The van der Waals surface area contributed by atoms with Crippen LogP contribution in [0.3, 0.4) is 0 Å². The summed E-state index contributed by atoms with van der Waals surface area (Å²) in [5.41, 5.74) is 8.41. The number of aldehydes is 1. The maximum Gasteiger partial charge on any atom is 0.320 e. The fourth-order valence-corrected chi connectivity index (χ4v) is 11.9. The summed E-state index contributed by atoms with van der Waals surface area (Å²) in [7, 11) is 5.50. The van der Waals surface area contributed by atoms with E-state index in [9.17, 15) is 19.2 Å². The minimum Gasteiger partial charge on any atom is -0.378 e. The second kappa shape index (κ2) is 19.1. The van der Waals surface area contributed by atoms with E-state index in [1.54, 1.807) is 19.1 Å². The Morgan fingerprint density at radius 1 is 1.11 bits per heavy atom. The minimum atomic E-state index is -1.16. The predicted octanol–water partition coefficient (Wildman–Crippen LogP) is 6.49. The lowest BCUT2D eigenvalue weighted by Gasteiger charge is -2.57. The largest absolute Gasteiger partial charge is 0.378 e. The number of likely N-dealkylation sites (N-methyl/N-ethyl adjacent to an activating group) is 2. The summed E-state index contributed by atoms with van der Waals surface area (Å²) in [4.78, 5) is 72.6. The monoisotopic (exact) mass is 924 g/mol. The van der Waals surface area contributed by atoms with Crippen molar-refractivity contribution in [3.63, 3.8) is 0 Å². The second-order valence-electron chi connectivity index (χ2n) is 20.4. The van der Waals surface area contributed by atoms with E-state index in [4.69, 9.17) is 19.4 Å². The summed E-state index contributed by atoms with van der Waals surface area (Å²) in [6, 6.07) is 8.52. The van der Waals surface area contributed by atoms with E-state index >= 15 is 0 Å². The van der Waals surface area contributed by atoms with Crippen LogP contribution in [0.5, 0.6) is 0 Å². The highest BCUT2D eigenvalue weighted by molar-refractivity contribution is 7.10. The molecule has 2 N–H and O–H groups in total. The first-order valence-corrected chi connectivity index (χ1v) is 24.7. The van der Waals surface area contributed by atoms with Gasteiger partial charge in [0, 0.05) is 80.4 Å². The number of urea groups is 1. The third kappa shape index (κ3) is 9.15. The van der Waals surface area contributed by atoms with Crippen molar-refractivity contribution in [3.05, 3.63) is 58.2 Å². The van der Waals surface area contributed by atoms with Crippen LogP contribution in [0.2, 0.25) is 0 Å². The van der Waals surface area contributed by atoms with E-state index < -0.39 is 23.5 Å². The van der Waals surface area contributed by atoms with Gasteiger partial charge in [-0.2, -0.15) is 0 Å². The number of likely N-dealkylation sites (tertiary alicyclic amines) is 2. The molecule has 4 aliphatic rings. The zero-order chi connectivity index (χ0) is 47.1. The van der Waals surface area contributed by atoms with Crippen molar-refractivity contribution in [2.24, 2.45) is 11.3 Å². The van der Waals surface area contributed by atoms with Gasteiger partial charge in [-0.3, -0.25) is 19.6 Å². The number of carbonyl (C=O) groups excluding carboxylic acids is 4. The molecule has 8 rings (SSSR count). The number of hydrogen-bond acceptors (Lipinski definition) is 11. The Bertz CT molecular complexity index is 2450. The number of methoxy groups -OCH3 is 1. The van der Waals surface area contributed by atoms with Gasteiger partial charge in [0.2, 0.25) is 5.91 Å². The van der Waals surface area contributed by atoms with Gasteiger partial charge in [-0.15, -0.1) is 11.3 Å². The molecule has 3 saturated heterocycles. The Morgan fingerprint density at radius 3 is 2.59 bits per heavy atom. The smallest absolute Gasteiger partial charge is 0.320 e. The SMILES string of the molecule is CCn1c(-c2cccnc2[C@H](C)OC)c2c3cc(ccc31)-c1csc(n1)C[C@H](NC(=O)[C@H](C(C)C)N(C)C(=O)N1CC[C@]13CCCN(C)C3)C(=O)N1CCC[C@](C=O)(COCC(C)(C)C2)N1. The number of aryl methyl sites for hydroxylation is 1. The number of benzene rings is 1. The number of piperidine rings is 1. The molecule has 4 amide bonds. The number of aromatic nitrogens is 3. The number of thiazole rings is 1. The topological polar surface area (TPSA) is 154 Å².